The van der Waals surface area contributed by atoms with Crippen LogP contribution in [0.2, 0.25) is 0 Å². The van der Waals surface area contributed by atoms with E-state index in [1.165, 1.54) is 31.2 Å². The molecule has 11 nitrogen and oxygen atoms in total. The minimum Gasteiger partial charge on any atom is -0.508 e. The van der Waals surface area contributed by atoms with E-state index in [1.54, 1.807) is 26.4 Å². The number of carboxylic acids is 4. The summed E-state index contributed by atoms with van der Waals surface area (Å²) in [7, 11) is 3.11. The van der Waals surface area contributed by atoms with E-state index in [0.717, 1.165) is 10.0 Å². The average molecular weight is 557 g/mol. The van der Waals surface area contributed by atoms with E-state index < -0.39 is 23.9 Å². The summed E-state index contributed by atoms with van der Waals surface area (Å²) >= 11 is 3.37. The van der Waals surface area contributed by atoms with Crippen molar-refractivity contribution in [1.82, 2.24) is 0 Å². The van der Waals surface area contributed by atoms with Crippen LogP contribution in [0.4, 0.5) is 0 Å². The Balaban J connectivity index is 0.000000527. The first-order valence-electron chi connectivity index (χ1n) is 9.61. The summed E-state index contributed by atoms with van der Waals surface area (Å²) in [6, 6.07) is 9.08. The summed E-state index contributed by atoms with van der Waals surface area (Å²) in [5.74, 6) is -3.11. The number of benzene rings is 2. The molecule has 0 aliphatic carbocycles. The van der Waals surface area contributed by atoms with Crippen LogP contribution in [0.5, 0.6) is 17.2 Å². The van der Waals surface area contributed by atoms with Crippen molar-refractivity contribution in [2.24, 2.45) is 0 Å². The number of methoxy groups -OCH3 is 2. The van der Waals surface area contributed by atoms with Gasteiger partial charge in [-0.25, -0.2) is 14.4 Å². The molecule has 12 heteroatoms. The highest BCUT2D eigenvalue weighted by Crippen LogP contribution is 2.33. The second kappa shape index (κ2) is 15.7. The maximum atomic E-state index is 10.5. The number of phenols is 1. The molecule has 0 amide bonds. The third kappa shape index (κ3) is 12.7. The summed E-state index contributed by atoms with van der Waals surface area (Å²) in [6.07, 6.45) is 1.19. The van der Waals surface area contributed by atoms with Crippen molar-refractivity contribution in [2.75, 3.05) is 14.2 Å². The van der Waals surface area contributed by atoms with E-state index in [2.05, 4.69) is 15.9 Å². The molecule has 0 aromatic heterocycles. The molecule has 190 valence electrons. The van der Waals surface area contributed by atoms with Gasteiger partial charge in [-0.2, -0.15) is 0 Å². The van der Waals surface area contributed by atoms with Crippen molar-refractivity contribution in [3.05, 3.63) is 63.6 Å². The number of hydrogen-bond donors (Lipinski definition) is 5. The van der Waals surface area contributed by atoms with Crippen molar-refractivity contribution >= 4 is 39.8 Å². The van der Waals surface area contributed by atoms with Gasteiger partial charge in [-0.1, -0.05) is 22.0 Å². The van der Waals surface area contributed by atoms with Gasteiger partial charge < -0.3 is 35.0 Å². The quantitative estimate of drug-likeness (QED) is 0.298. The van der Waals surface area contributed by atoms with E-state index in [4.69, 9.17) is 35.0 Å². The zero-order chi connectivity index (χ0) is 27.1. The Kier molecular flexibility index (Phi) is 13.9. The minimum absolute atomic E-state index is 0.0279. The second-order valence-electron chi connectivity index (χ2n) is 6.52. The maximum Gasteiger partial charge on any atom is 0.335 e. The fourth-order valence-electron chi connectivity index (χ4n) is 2.22. The molecule has 0 heterocycles. The highest BCUT2D eigenvalue weighted by atomic mass is 79.9. The summed E-state index contributed by atoms with van der Waals surface area (Å²) in [4.78, 5) is 40.4. The molecular formula is C23H25BrO11. The third-order valence-corrected chi connectivity index (χ3v) is 4.67. The lowest BCUT2D eigenvalue weighted by Crippen LogP contribution is -1.99. The van der Waals surface area contributed by atoms with Crippen LogP contribution in [0.25, 0.3) is 0 Å². The molecule has 35 heavy (non-hydrogen) atoms. The smallest absolute Gasteiger partial charge is 0.335 e. The normalized spacial score (nSPS) is 10.0. The van der Waals surface area contributed by atoms with Crippen LogP contribution in [0, 0.1) is 0 Å². The first kappa shape index (κ1) is 30.9. The molecule has 0 radical (unpaired) electrons. The Morgan fingerprint density at radius 2 is 1.51 bits per heavy atom. The van der Waals surface area contributed by atoms with Gasteiger partial charge in [0.2, 0.25) is 0 Å². The van der Waals surface area contributed by atoms with Crippen molar-refractivity contribution < 1.29 is 54.2 Å². The molecule has 5 N–H and O–H groups in total. The van der Waals surface area contributed by atoms with Crippen molar-refractivity contribution in [3.8, 4) is 17.2 Å². The predicted molar refractivity (Wildman–Crippen MR) is 127 cm³/mol. The number of carbonyl (C=O) groups is 4. The zero-order valence-corrected chi connectivity index (χ0v) is 20.6. The number of aryl methyl sites for hydroxylation is 1. The Morgan fingerprint density at radius 1 is 0.943 bits per heavy atom. The van der Waals surface area contributed by atoms with Crippen LogP contribution >= 0.6 is 15.9 Å². The largest absolute Gasteiger partial charge is 0.508 e. The molecule has 0 aliphatic heterocycles. The van der Waals surface area contributed by atoms with Crippen LogP contribution in [0.3, 0.4) is 0 Å². The standard InChI is InChI=1S/C11H13BrO4.C7H6O3.C5H6O4/c1-15-9-5-7(3-4-11(13)14)8(12)6-10(9)16-2;8-6-3-1-2-5(4-6)7(9)10;1-3(5(8)9)2-4(6)7/h5-6H,3-4H2,1-2H3,(H,13,14);1-4,8H,(H,9,10);2H,1H3,(H,6,7)(H,8,9)/b;;3-2+. The number of halogens is 1. The van der Waals surface area contributed by atoms with E-state index in [9.17, 15) is 19.2 Å². The number of aromatic hydroxyl groups is 1. The van der Waals surface area contributed by atoms with Crippen LogP contribution in [0.1, 0.15) is 29.3 Å². The first-order chi connectivity index (χ1) is 16.3. The molecule has 0 fully saturated rings. The average Bonchev–Trinajstić information content (AvgIpc) is 2.78. The summed E-state index contributed by atoms with van der Waals surface area (Å²) in [5, 5.41) is 41.9. The molecule has 2 aromatic carbocycles. The van der Waals surface area contributed by atoms with Gasteiger partial charge in [0.15, 0.2) is 11.5 Å². The predicted octanol–water partition coefficient (Wildman–Crippen LogP) is 3.68. The molecule has 0 aliphatic rings. The number of phenolic OH excluding ortho intramolecular Hbond substituents is 1. The van der Waals surface area contributed by atoms with E-state index in [-0.39, 0.29) is 23.3 Å². The van der Waals surface area contributed by atoms with Gasteiger partial charge in [-0.3, -0.25) is 4.79 Å². The van der Waals surface area contributed by atoms with E-state index in [0.29, 0.717) is 24.0 Å². The van der Waals surface area contributed by atoms with Crippen LogP contribution in [0.15, 0.2) is 52.5 Å². The molecule has 0 unspecified atom stereocenters. The Morgan fingerprint density at radius 3 is 1.89 bits per heavy atom. The van der Waals surface area contributed by atoms with Crippen LogP contribution in [-0.4, -0.2) is 63.6 Å². The number of carboxylic acid groups (broad SMARTS) is 4. The van der Waals surface area contributed by atoms with Crippen LogP contribution < -0.4 is 9.47 Å². The molecule has 0 saturated heterocycles. The van der Waals surface area contributed by atoms with Crippen molar-refractivity contribution in [1.29, 1.82) is 0 Å². The summed E-state index contributed by atoms with van der Waals surface area (Å²) in [5.41, 5.74) is 0.808. The van der Waals surface area contributed by atoms with Gasteiger partial charge in [-0.15, -0.1) is 0 Å². The molecule has 0 spiro atoms. The fraction of sp³-hybridized carbons (Fsp3) is 0.217. The minimum atomic E-state index is -1.24. The van der Waals surface area contributed by atoms with Gasteiger partial charge >= 0.3 is 23.9 Å². The lowest BCUT2D eigenvalue weighted by molar-refractivity contribution is -0.137. The van der Waals surface area contributed by atoms with Gasteiger partial charge in [-0.05, 0) is 49.2 Å². The number of hydrogen-bond acceptors (Lipinski definition) is 7. The first-order valence-corrected chi connectivity index (χ1v) is 10.4. The fourth-order valence-corrected chi connectivity index (χ4v) is 2.74. The lowest BCUT2D eigenvalue weighted by atomic mass is 10.1. The Bertz CT molecular complexity index is 1080. The van der Waals surface area contributed by atoms with E-state index in [1.807, 2.05) is 0 Å². The van der Waals surface area contributed by atoms with Gasteiger partial charge in [0, 0.05) is 22.5 Å². The maximum absolute atomic E-state index is 10.5. The zero-order valence-electron chi connectivity index (χ0n) is 19.0. The highest BCUT2D eigenvalue weighted by molar-refractivity contribution is 9.10. The number of aromatic carboxylic acids is 1. The van der Waals surface area contributed by atoms with Crippen molar-refractivity contribution in [3.63, 3.8) is 0 Å². The molecule has 2 rings (SSSR count). The molecular weight excluding hydrogens is 532 g/mol. The van der Waals surface area contributed by atoms with Crippen LogP contribution in [-0.2, 0) is 20.8 Å². The molecule has 0 bridgehead atoms. The Labute approximate surface area is 209 Å². The van der Waals surface area contributed by atoms with Gasteiger partial charge in [0.05, 0.1) is 19.8 Å². The number of rotatable bonds is 8. The number of aliphatic carboxylic acids is 3. The monoisotopic (exact) mass is 556 g/mol. The molecule has 2 aromatic rings. The number of ether oxygens (including phenoxy) is 2. The Hall–Kier alpha value is -4.06. The highest BCUT2D eigenvalue weighted by Gasteiger charge is 2.10. The SMILES string of the molecule is C/C(=C\C(=O)O)C(=O)O.COc1cc(Br)c(CCC(=O)O)cc1OC.O=C(O)c1cccc(O)c1. The molecule has 0 saturated carbocycles. The van der Waals surface area contributed by atoms with E-state index >= 15 is 0 Å². The summed E-state index contributed by atoms with van der Waals surface area (Å²) in [6.45, 7) is 1.22. The lowest BCUT2D eigenvalue weighted by Gasteiger charge is -2.11. The van der Waals surface area contributed by atoms with Crippen molar-refractivity contribution in [2.45, 2.75) is 19.8 Å². The topological polar surface area (TPSA) is 188 Å². The summed E-state index contributed by atoms with van der Waals surface area (Å²) < 4.78 is 11.1. The van der Waals surface area contributed by atoms with Gasteiger partial charge in [0.25, 0.3) is 0 Å². The van der Waals surface area contributed by atoms with Gasteiger partial charge in [0.1, 0.15) is 5.75 Å². The molecule has 0 atom stereocenters. The third-order valence-electron chi connectivity index (χ3n) is 3.93. The second-order valence-corrected chi connectivity index (χ2v) is 7.37.